The lowest BCUT2D eigenvalue weighted by molar-refractivity contribution is -0.127. The van der Waals surface area contributed by atoms with Crippen LogP contribution >= 0.6 is 0 Å². The van der Waals surface area contributed by atoms with Crippen LogP contribution in [-0.2, 0) is 9.53 Å². The highest BCUT2D eigenvalue weighted by atomic mass is 16.5. The minimum absolute atomic E-state index is 0.157. The van der Waals surface area contributed by atoms with Crippen molar-refractivity contribution in [2.75, 3.05) is 33.4 Å². The van der Waals surface area contributed by atoms with E-state index in [0.29, 0.717) is 26.1 Å². The third-order valence-corrected chi connectivity index (χ3v) is 2.47. The van der Waals surface area contributed by atoms with Gasteiger partial charge in [-0.15, -0.1) is 0 Å². The van der Waals surface area contributed by atoms with E-state index in [4.69, 9.17) is 10.3 Å². The maximum Gasteiger partial charge on any atom is 0.222 e. The Kier molecular flexibility index (Phi) is 4.93. The van der Waals surface area contributed by atoms with Crippen LogP contribution in [0.5, 0.6) is 0 Å². The number of hydrogen-bond donors (Lipinski definition) is 0. The quantitative estimate of drug-likeness (QED) is 0.287. The molecular weight excluding hydrogens is 196 g/mol. The first-order chi connectivity index (χ1) is 7.27. The molecule has 0 saturated carbocycles. The summed E-state index contributed by atoms with van der Waals surface area (Å²) in [6.07, 6.45) is 1.36. The second-order valence-corrected chi connectivity index (χ2v) is 3.67. The highest BCUT2D eigenvalue weighted by Crippen LogP contribution is 2.18. The predicted molar refractivity (Wildman–Crippen MR) is 55.2 cm³/mol. The Morgan fingerprint density at radius 1 is 1.73 bits per heavy atom. The van der Waals surface area contributed by atoms with Crippen LogP contribution in [0.1, 0.15) is 12.8 Å². The molecule has 0 bridgehead atoms. The maximum absolute atomic E-state index is 11.5. The van der Waals surface area contributed by atoms with Crippen molar-refractivity contribution >= 4 is 5.91 Å². The van der Waals surface area contributed by atoms with Crippen molar-refractivity contribution in [2.45, 2.75) is 12.8 Å². The summed E-state index contributed by atoms with van der Waals surface area (Å²) in [5.74, 6) is 0.347. The molecule has 15 heavy (non-hydrogen) atoms. The van der Waals surface area contributed by atoms with Crippen molar-refractivity contribution in [3.05, 3.63) is 10.4 Å². The smallest absolute Gasteiger partial charge is 0.222 e. The van der Waals surface area contributed by atoms with E-state index in [1.807, 2.05) is 4.90 Å². The van der Waals surface area contributed by atoms with Crippen molar-refractivity contribution in [3.8, 4) is 0 Å². The molecule has 1 rings (SSSR count). The number of amides is 1. The largest absolute Gasteiger partial charge is 0.385 e. The van der Waals surface area contributed by atoms with Crippen molar-refractivity contribution < 1.29 is 9.53 Å². The van der Waals surface area contributed by atoms with E-state index in [-0.39, 0.29) is 11.8 Å². The first-order valence-corrected chi connectivity index (χ1v) is 5.05. The van der Waals surface area contributed by atoms with Crippen LogP contribution in [0.3, 0.4) is 0 Å². The second kappa shape index (κ2) is 6.27. The number of carbonyl (C=O) groups is 1. The zero-order valence-electron chi connectivity index (χ0n) is 8.93. The molecule has 0 N–H and O–H groups in total. The fourth-order valence-corrected chi connectivity index (χ4v) is 1.74. The zero-order chi connectivity index (χ0) is 11.1. The summed E-state index contributed by atoms with van der Waals surface area (Å²) in [6.45, 7) is 2.54. The Morgan fingerprint density at radius 2 is 2.53 bits per heavy atom. The summed E-state index contributed by atoms with van der Waals surface area (Å²) in [6, 6.07) is 0. The summed E-state index contributed by atoms with van der Waals surface area (Å²) >= 11 is 0. The topological polar surface area (TPSA) is 78.3 Å². The lowest BCUT2D eigenvalue weighted by Crippen LogP contribution is -2.27. The fraction of sp³-hybridized carbons (Fsp3) is 0.889. The number of hydrogen-bond acceptors (Lipinski definition) is 3. The Bertz CT molecular complexity index is 263. The molecule has 0 radical (unpaired) electrons. The molecule has 1 amide bonds. The molecule has 1 aliphatic rings. The molecule has 1 aliphatic heterocycles. The average molecular weight is 212 g/mol. The van der Waals surface area contributed by atoms with Gasteiger partial charge in [0.05, 0.1) is 0 Å². The van der Waals surface area contributed by atoms with Gasteiger partial charge in [-0.25, -0.2) is 0 Å². The van der Waals surface area contributed by atoms with E-state index in [1.165, 1.54) is 0 Å². The van der Waals surface area contributed by atoms with E-state index >= 15 is 0 Å². The zero-order valence-corrected chi connectivity index (χ0v) is 8.93. The van der Waals surface area contributed by atoms with Gasteiger partial charge in [0.2, 0.25) is 5.91 Å². The number of rotatable bonds is 6. The SMILES string of the molecule is COCCCN1CC(CN=[N+]=[N-])CC1=O. The molecule has 0 aromatic rings. The molecule has 1 heterocycles. The van der Waals surface area contributed by atoms with E-state index in [1.54, 1.807) is 7.11 Å². The molecule has 1 unspecified atom stereocenters. The highest BCUT2D eigenvalue weighted by molar-refractivity contribution is 5.78. The second-order valence-electron chi connectivity index (χ2n) is 3.67. The number of likely N-dealkylation sites (tertiary alicyclic amines) is 1. The molecular formula is C9H16N4O2. The monoisotopic (exact) mass is 212 g/mol. The van der Waals surface area contributed by atoms with E-state index in [9.17, 15) is 4.79 Å². The molecule has 0 aromatic heterocycles. The van der Waals surface area contributed by atoms with E-state index in [0.717, 1.165) is 13.0 Å². The van der Waals surface area contributed by atoms with Gasteiger partial charge in [-0.1, -0.05) is 5.11 Å². The average Bonchev–Trinajstić information content (AvgIpc) is 2.57. The first kappa shape index (κ1) is 11.8. The summed E-state index contributed by atoms with van der Waals surface area (Å²) in [5, 5.41) is 3.50. The molecule has 0 aliphatic carbocycles. The fourth-order valence-electron chi connectivity index (χ4n) is 1.74. The lowest BCUT2D eigenvalue weighted by Gasteiger charge is -2.15. The normalized spacial score (nSPS) is 20.5. The van der Waals surface area contributed by atoms with Gasteiger partial charge in [0.15, 0.2) is 0 Å². The van der Waals surface area contributed by atoms with Gasteiger partial charge in [0.1, 0.15) is 0 Å². The molecule has 0 spiro atoms. The summed E-state index contributed by atoms with van der Waals surface area (Å²) in [4.78, 5) is 16.0. The van der Waals surface area contributed by atoms with Gasteiger partial charge in [-0.2, -0.15) is 0 Å². The third-order valence-electron chi connectivity index (χ3n) is 2.47. The first-order valence-electron chi connectivity index (χ1n) is 5.05. The van der Waals surface area contributed by atoms with Crippen LogP contribution in [0.2, 0.25) is 0 Å². The van der Waals surface area contributed by atoms with Gasteiger partial charge < -0.3 is 9.64 Å². The minimum Gasteiger partial charge on any atom is -0.385 e. The Hall–Kier alpha value is -1.26. The molecule has 6 heteroatoms. The van der Waals surface area contributed by atoms with E-state index < -0.39 is 0 Å². The van der Waals surface area contributed by atoms with Crippen molar-refractivity contribution in [2.24, 2.45) is 11.0 Å². The van der Waals surface area contributed by atoms with Crippen LogP contribution < -0.4 is 0 Å². The predicted octanol–water partition coefficient (Wildman–Crippen LogP) is 1.18. The van der Waals surface area contributed by atoms with Crippen LogP contribution in [0, 0.1) is 5.92 Å². The minimum atomic E-state index is 0.157. The summed E-state index contributed by atoms with van der Waals surface area (Å²) in [7, 11) is 1.65. The number of methoxy groups -OCH3 is 1. The van der Waals surface area contributed by atoms with Crippen LogP contribution in [-0.4, -0.2) is 44.2 Å². The third kappa shape index (κ3) is 3.77. The Labute approximate surface area is 88.8 Å². The maximum atomic E-state index is 11.5. The molecule has 0 aromatic carbocycles. The molecule has 84 valence electrons. The summed E-state index contributed by atoms with van der Waals surface area (Å²) < 4.78 is 4.92. The van der Waals surface area contributed by atoms with Gasteiger partial charge in [-0.3, -0.25) is 4.79 Å². The molecule has 1 atom stereocenters. The Morgan fingerprint density at radius 3 is 3.20 bits per heavy atom. The summed E-state index contributed by atoms with van der Waals surface area (Å²) in [5.41, 5.74) is 8.18. The van der Waals surface area contributed by atoms with Gasteiger partial charge in [0, 0.05) is 44.7 Å². The van der Waals surface area contributed by atoms with E-state index in [2.05, 4.69) is 10.0 Å². The number of nitrogens with zero attached hydrogens (tertiary/aromatic N) is 4. The van der Waals surface area contributed by atoms with Crippen molar-refractivity contribution in [1.29, 1.82) is 0 Å². The highest BCUT2D eigenvalue weighted by Gasteiger charge is 2.28. The van der Waals surface area contributed by atoms with Crippen molar-refractivity contribution in [1.82, 2.24) is 4.90 Å². The van der Waals surface area contributed by atoms with Crippen LogP contribution in [0.25, 0.3) is 10.4 Å². The van der Waals surface area contributed by atoms with Gasteiger partial charge in [0.25, 0.3) is 0 Å². The number of carbonyl (C=O) groups excluding carboxylic acids is 1. The molecule has 1 fully saturated rings. The molecule has 1 saturated heterocycles. The number of ether oxygens (including phenoxy) is 1. The van der Waals surface area contributed by atoms with Crippen molar-refractivity contribution in [3.63, 3.8) is 0 Å². The van der Waals surface area contributed by atoms with Crippen LogP contribution in [0.15, 0.2) is 5.11 Å². The lowest BCUT2D eigenvalue weighted by atomic mass is 10.1. The van der Waals surface area contributed by atoms with Gasteiger partial charge >= 0.3 is 0 Å². The Balaban J connectivity index is 2.29. The molecule has 6 nitrogen and oxygen atoms in total. The standard InChI is InChI=1S/C9H16N4O2/c1-15-4-2-3-13-7-8(5-9(13)14)6-11-12-10/h8H,2-7H2,1H3. The van der Waals surface area contributed by atoms with Gasteiger partial charge in [-0.05, 0) is 17.9 Å². The number of azide groups is 1. The van der Waals surface area contributed by atoms with Crippen LogP contribution in [0.4, 0.5) is 0 Å².